The summed E-state index contributed by atoms with van der Waals surface area (Å²) in [5.74, 6) is 0.981. The molecule has 0 spiro atoms. The summed E-state index contributed by atoms with van der Waals surface area (Å²) in [6.45, 7) is 5.65. The largest absolute Gasteiger partial charge is 0.369 e. The van der Waals surface area contributed by atoms with Crippen LogP contribution in [0.4, 0.5) is 11.4 Å². The van der Waals surface area contributed by atoms with E-state index in [0.29, 0.717) is 6.42 Å². The molecule has 2 aliphatic rings. The quantitative estimate of drug-likeness (QED) is 0.680. The number of hydrogen-bond donors (Lipinski definition) is 1. The number of benzene rings is 2. The van der Waals surface area contributed by atoms with E-state index in [4.69, 9.17) is 0 Å². The average molecular weight is 403 g/mol. The van der Waals surface area contributed by atoms with Gasteiger partial charge >= 0.3 is 0 Å². The van der Waals surface area contributed by atoms with Gasteiger partial charge in [-0.15, -0.1) is 0 Å². The number of nitrogens with one attached hydrogen (secondary N) is 1. The fraction of sp³-hybridized carbons (Fsp3) is 0.400. The molecule has 5 rings (SSSR count). The van der Waals surface area contributed by atoms with Gasteiger partial charge in [0.25, 0.3) is 0 Å². The second-order valence-corrected chi connectivity index (χ2v) is 8.79. The second kappa shape index (κ2) is 8.15. The lowest BCUT2D eigenvalue weighted by atomic mass is 10.1. The summed E-state index contributed by atoms with van der Waals surface area (Å²) in [4.78, 5) is 17.8. The number of amides is 1. The second-order valence-electron chi connectivity index (χ2n) is 8.79. The molecule has 2 heterocycles. The zero-order valence-corrected chi connectivity index (χ0v) is 17.7. The van der Waals surface area contributed by atoms with Crippen molar-refractivity contribution in [1.29, 1.82) is 0 Å². The highest BCUT2D eigenvalue weighted by molar-refractivity contribution is 5.96. The molecule has 30 heavy (non-hydrogen) atoms. The number of aromatic nitrogens is 1. The van der Waals surface area contributed by atoms with Gasteiger partial charge in [-0.2, -0.15) is 0 Å². The molecule has 1 aliphatic carbocycles. The molecule has 5 nitrogen and oxygen atoms in total. The maximum Gasteiger partial charge on any atom is 0.228 e. The highest BCUT2D eigenvalue weighted by Crippen LogP contribution is 2.30. The van der Waals surface area contributed by atoms with Gasteiger partial charge < -0.3 is 14.8 Å². The Balaban J connectivity index is 1.21. The van der Waals surface area contributed by atoms with Gasteiger partial charge in [0.1, 0.15) is 0 Å². The van der Waals surface area contributed by atoms with Crippen LogP contribution in [0.15, 0.2) is 54.7 Å². The van der Waals surface area contributed by atoms with Crippen LogP contribution < -0.4 is 10.2 Å². The van der Waals surface area contributed by atoms with Gasteiger partial charge in [0, 0.05) is 68.2 Å². The Kier molecular flexibility index (Phi) is 5.21. The number of fused-ring (bicyclic) bond motifs is 1. The molecule has 5 heteroatoms. The van der Waals surface area contributed by atoms with E-state index in [1.165, 1.54) is 25.1 Å². The van der Waals surface area contributed by atoms with Crippen LogP contribution in [0.3, 0.4) is 0 Å². The number of carbonyl (C=O) groups is 1. The Hall–Kier alpha value is -2.79. The van der Waals surface area contributed by atoms with Crippen LogP contribution >= 0.6 is 0 Å². The topological polar surface area (TPSA) is 40.5 Å². The van der Waals surface area contributed by atoms with Gasteiger partial charge in [-0.3, -0.25) is 9.69 Å². The molecule has 1 aromatic heterocycles. The maximum atomic E-state index is 12.7. The van der Waals surface area contributed by atoms with Crippen molar-refractivity contribution in [3.63, 3.8) is 0 Å². The van der Waals surface area contributed by atoms with Crippen LogP contribution in [0.1, 0.15) is 18.4 Å². The van der Waals surface area contributed by atoms with E-state index in [9.17, 15) is 4.79 Å². The molecule has 1 saturated heterocycles. The predicted octanol–water partition coefficient (Wildman–Crippen LogP) is 3.89. The molecular weight excluding hydrogens is 372 g/mol. The number of piperazine rings is 1. The summed E-state index contributed by atoms with van der Waals surface area (Å²) in [6, 6.07) is 16.5. The Morgan fingerprint density at radius 2 is 1.83 bits per heavy atom. The van der Waals surface area contributed by atoms with Crippen molar-refractivity contribution in [2.45, 2.75) is 19.3 Å². The predicted molar refractivity (Wildman–Crippen MR) is 123 cm³/mol. The molecule has 156 valence electrons. The van der Waals surface area contributed by atoms with Crippen molar-refractivity contribution in [2.24, 2.45) is 13.0 Å². The molecule has 0 unspecified atom stereocenters. The molecule has 2 fully saturated rings. The van der Waals surface area contributed by atoms with Gasteiger partial charge in [-0.05, 0) is 48.6 Å². The Morgan fingerprint density at radius 3 is 2.63 bits per heavy atom. The van der Waals surface area contributed by atoms with E-state index in [-0.39, 0.29) is 5.91 Å². The Morgan fingerprint density at radius 1 is 1.03 bits per heavy atom. The number of aryl methyl sites for hydroxylation is 1. The standard InChI is InChI=1S/C25H30N4O/c1-27-18-20(23-7-2-3-8-24(23)27)15-25(30)26-21-5-4-6-22(16-21)29-13-11-28(12-14-29)17-19-9-10-19/h2-8,16,18-19H,9-15,17H2,1H3,(H,26,30). The van der Waals surface area contributed by atoms with Gasteiger partial charge in [0.05, 0.1) is 6.42 Å². The van der Waals surface area contributed by atoms with E-state index in [1.54, 1.807) is 0 Å². The van der Waals surface area contributed by atoms with E-state index >= 15 is 0 Å². The lowest BCUT2D eigenvalue weighted by Crippen LogP contribution is -2.47. The van der Waals surface area contributed by atoms with Gasteiger partial charge in [-0.25, -0.2) is 0 Å². The van der Waals surface area contributed by atoms with E-state index in [0.717, 1.165) is 54.3 Å². The van der Waals surface area contributed by atoms with Crippen molar-refractivity contribution in [3.05, 3.63) is 60.3 Å². The fourth-order valence-electron chi connectivity index (χ4n) is 4.58. The monoisotopic (exact) mass is 402 g/mol. The van der Waals surface area contributed by atoms with Crippen molar-refractivity contribution in [1.82, 2.24) is 9.47 Å². The molecule has 0 radical (unpaired) electrons. The zero-order chi connectivity index (χ0) is 20.5. The number of para-hydroxylation sites is 1. The minimum absolute atomic E-state index is 0.0257. The molecular formula is C25H30N4O. The van der Waals surface area contributed by atoms with Crippen molar-refractivity contribution in [2.75, 3.05) is 42.9 Å². The molecule has 2 aromatic carbocycles. The summed E-state index contributed by atoms with van der Waals surface area (Å²) < 4.78 is 2.08. The van der Waals surface area contributed by atoms with E-state index in [2.05, 4.69) is 50.1 Å². The normalized spacial score (nSPS) is 17.4. The minimum Gasteiger partial charge on any atom is -0.369 e. The van der Waals surface area contributed by atoms with E-state index in [1.807, 2.05) is 31.3 Å². The first-order chi connectivity index (χ1) is 14.7. The molecule has 1 amide bonds. The number of carbonyl (C=O) groups excluding carboxylic acids is 1. The number of nitrogens with zero attached hydrogens (tertiary/aromatic N) is 3. The summed E-state index contributed by atoms with van der Waals surface area (Å²) >= 11 is 0. The first kappa shape index (κ1) is 19.2. The summed E-state index contributed by atoms with van der Waals surface area (Å²) in [7, 11) is 2.03. The third kappa shape index (κ3) is 4.21. The van der Waals surface area contributed by atoms with Crippen LogP contribution in [0.5, 0.6) is 0 Å². The van der Waals surface area contributed by atoms with Gasteiger partial charge in [0.15, 0.2) is 0 Å². The lowest BCUT2D eigenvalue weighted by molar-refractivity contribution is -0.115. The van der Waals surface area contributed by atoms with Gasteiger partial charge in [-0.1, -0.05) is 24.3 Å². The summed E-state index contributed by atoms with van der Waals surface area (Å²) in [5, 5.41) is 4.25. The fourth-order valence-corrected chi connectivity index (χ4v) is 4.58. The highest BCUT2D eigenvalue weighted by atomic mass is 16.1. The van der Waals surface area contributed by atoms with E-state index < -0.39 is 0 Å². The molecule has 1 saturated carbocycles. The molecule has 1 aliphatic heterocycles. The minimum atomic E-state index is 0.0257. The smallest absolute Gasteiger partial charge is 0.228 e. The van der Waals surface area contributed by atoms with Crippen LogP contribution in [0, 0.1) is 5.92 Å². The third-order valence-corrected chi connectivity index (χ3v) is 6.41. The highest BCUT2D eigenvalue weighted by Gasteiger charge is 2.26. The van der Waals surface area contributed by atoms with Crippen molar-refractivity contribution in [3.8, 4) is 0 Å². The first-order valence-corrected chi connectivity index (χ1v) is 11.1. The molecule has 0 atom stereocenters. The maximum absolute atomic E-state index is 12.7. The first-order valence-electron chi connectivity index (χ1n) is 11.1. The Labute approximate surface area is 178 Å². The Bertz CT molecular complexity index is 1040. The number of hydrogen-bond acceptors (Lipinski definition) is 3. The average Bonchev–Trinajstić information content (AvgIpc) is 3.52. The number of anilines is 2. The SMILES string of the molecule is Cn1cc(CC(=O)Nc2cccc(N3CCN(CC4CC4)CC3)c2)c2ccccc21. The van der Waals surface area contributed by atoms with Crippen LogP contribution in [0.2, 0.25) is 0 Å². The molecule has 0 bridgehead atoms. The lowest BCUT2D eigenvalue weighted by Gasteiger charge is -2.36. The van der Waals surface area contributed by atoms with Gasteiger partial charge in [0.2, 0.25) is 5.91 Å². The van der Waals surface area contributed by atoms with Crippen molar-refractivity contribution >= 4 is 28.2 Å². The summed E-state index contributed by atoms with van der Waals surface area (Å²) in [6.07, 6.45) is 5.27. The third-order valence-electron chi connectivity index (χ3n) is 6.41. The number of rotatable bonds is 6. The van der Waals surface area contributed by atoms with Crippen LogP contribution in [0.25, 0.3) is 10.9 Å². The molecule has 3 aromatic rings. The van der Waals surface area contributed by atoms with Crippen molar-refractivity contribution < 1.29 is 4.79 Å². The van der Waals surface area contributed by atoms with Crippen LogP contribution in [-0.4, -0.2) is 48.1 Å². The zero-order valence-electron chi connectivity index (χ0n) is 17.7. The molecule has 1 N–H and O–H groups in total. The summed E-state index contributed by atoms with van der Waals surface area (Å²) in [5.41, 5.74) is 4.29. The van der Waals surface area contributed by atoms with Crippen LogP contribution in [-0.2, 0) is 18.3 Å².